The Bertz CT molecular complexity index is 1110. The minimum Gasteiger partial charge on any atom is -0.424 e. The van der Waals surface area contributed by atoms with Crippen LogP contribution in [0.3, 0.4) is 0 Å². The Morgan fingerprint density at radius 1 is 1.24 bits per heavy atom. The van der Waals surface area contributed by atoms with E-state index in [-0.39, 0.29) is 18.8 Å². The first-order valence-corrected chi connectivity index (χ1v) is 13.6. The third kappa shape index (κ3) is 8.10. The van der Waals surface area contributed by atoms with Gasteiger partial charge in [-0.15, -0.1) is 0 Å². The molecule has 10 nitrogen and oxygen atoms in total. The van der Waals surface area contributed by atoms with E-state index >= 15 is 0 Å². The van der Waals surface area contributed by atoms with Crippen LogP contribution < -0.4 is 9.64 Å². The molecule has 11 heteroatoms. The highest BCUT2D eigenvalue weighted by atomic mass is 31.2. The number of hydrogen-bond donors (Lipinski definition) is 2. The summed E-state index contributed by atoms with van der Waals surface area (Å²) in [6, 6.07) is 4.15. The quantitative estimate of drug-likeness (QED) is 0.159. The van der Waals surface area contributed by atoms with E-state index in [0.717, 1.165) is 10.6 Å². The van der Waals surface area contributed by atoms with Crippen LogP contribution in [0.15, 0.2) is 36.9 Å². The number of amides is 2. The van der Waals surface area contributed by atoms with E-state index in [1.54, 1.807) is 45.1 Å². The van der Waals surface area contributed by atoms with Crippen LogP contribution in [-0.2, 0) is 23.5 Å². The molecule has 0 aromatic heterocycles. The maximum atomic E-state index is 13.5. The fraction of sp³-hybridized carbons (Fsp3) is 0.500. The predicted molar refractivity (Wildman–Crippen MR) is 141 cm³/mol. The van der Waals surface area contributed by atoms with Crippen LogP contribution in [0.25, 0.3) is 5.57 Å². The van der Waals surface area contributed by atoms with Crippen molar-refractivity contribution in [2.24, 2.45) is 17.8 Å². The normalized spacial score (nSPS) is 22.5. The van der Waals surface area contributed by atoms with Crippen molar-refractivity contribution in [1.29, 1.82) is 0 Å². The Hall–Kier alpha value is -2.78. The van der Waals surface area contributed by atoms with E-state index in [1.165, 1.54) is 6.92 Å². The average Bonchev–Trinajstić information content (AvgIpc) is 2.83. The van der Waals surface area contributed by atoms with E-state index in [2.05, 4.69) is 11.1 Å². The average molecular weight is 537 g/mol. The number of phosphoric ester groups is 1. The second kappa shape index (κ2) is 12.6. The lowest BCUT2D eigenvalue weighted by molar-refractivity contribution is -0.159. The molecule has 1 aromatic carbocycles. The van der Waals surface area contributed by atoms with E-state index in [4.69, 9.17) is 14.5 Å². The molecule has 204 valence electrons. The lowest BCUT2D eigenvalue weighted by atomic mass is 9.89. The third-order valence-corrected chi connectivity index (χ3v) is 6.91. The number of phosphoric acid groups is 1. The molecule has 0 spiro atoms. The number of rotatable bonds is 9. The summed E-state index contributed by atoms with van der Waals surface area (Å²) in [6.45, 7) is 10.2. The maximum absolute atomic E-state index is 13.5. The van der Waals surface area contributed by atoms with Gasteiger partial charge in [-0.25, -0.2) is 9.36 Å². The van der Waals surface area contributed by atoms with Crippen molar-refractivity contribution < 1.29 is 38.0 Å². The number of carbonyl (C=O) groups is 3. The molecule has 1 heterocycles. The van der Waals surface area contributed by atoms with Crippen molar-refractivity contribution in [1.82, 2.24) is 4.90 Å². The lowest BCUT2D eigenvalue weighted by Gasteiger charge is -2.31. The van der Waals surface area contributed by atoms with Gasteiger partial charge in [0.1, 0.15) is 11.8 Å². The van der Waals surface area contributed by atoms with Crippen LogP contribution in [0, 0.1) is 17.8 Å². The molecule has 0 saturated carbocycles. The summed E-state index contributed by atoms with van der Waals surface area (Å²) in [4.78, 5) is 60.9. The first kappa shape index (κ1) is 30.4. The Morgan fingerprint density at radius 3 is 2.46 bits per heavy atom. The summed E-state index contributed by atoms with van der Waals surface area (Å²) in [5.74, 6) is -3.37. The van der Waals surface area contributed by atoms with Gasteiger partial charge in [0.05, 0.1) is 6.61 Å². The van der Waals surface area contributed by atoms with Crippen molar-refractivity contribution in [3.63, 3.8) is 0 Å². The van der Waals surface area contributed by atoms with E-state index in [0.29, 0.717) is 17.6 Å². The van der Waals surface area contributed by atoms with Crippen LogP contribution in [0.1, 0.15) is 46.1 Å². The Kier molecular flexibility index (Phi) is 10.4. The molecule has 0 bridgehead atoms. The molecule has 0 radical (unpaired) electrons. The van der Waals surface area contributed by atoms with E-state index in [1.807, 2.05) is 25.1 Å². The van der Waals surface area contributed by atoms with Gasteiger partial charge in [-0.2, -0.15) is 0 Å². The number of imide groups is 1. The van der Waals surface area contributed by atoms with Crippen molar-refractivity contribution in [2.75, 3.05) is 25.6 Å². The molecule has 0 fully saturated rings. The topological polar surface area (TPSA) is 134 Å². The first-order chi connectivity index (χ1) is 17.1. The molecule has 2 rings (SSSR count). The Labute approximate surface area is 218 Å². The fourth-order valence-corrected chi connectivity index (χ4v) is 4.38. The standard InChI is InChI=1S/C26H37N2O8P/c1-16(2)22-12-11-21(27(6)7)15-23(22)36-26(31)19(5)28-24(29)17(3)9-8-10-20(18(4)25(28)30)13-14-35-37(32,33)34/h8,10-12,15,17-20H,1,9,13-14H2,2-7H3,(H2,32,33,34)/b10-8-. The summed E-state index contributed by atoms with van der Waals surface area (Å²) >= 11 is 0. The molecule has 1 aliphatic rings. The number of esters is 1. The maximum Gasteiger partial charge on any atom is 0.469 e. The monoisotopic (exact) mass is 536 g/mol. The first-order valence-electron chi connectivity index (χ1n) is 12.1. The van der Waals surface area contributed by atoms with E-state index in [9.17, 15) is 18.9 Å². The predicted octanol–water partition coefficient (Wildman–Crippen LogP) is 3.78. The number of benzene rings is 1. The molecular weight excluding hydrogens is 499 g/mol. The second-order valence-electron chi connectivity index (χ2n) is 9.63. The molecule has 37 heavy (non-hydrogen) atoms. The minimum absolute atomic E-state index is 0.142. The van der Waals surface area contributed by atoms with Crippen LogP contribution in [0.5, 0.6) is 5.75 Å². The highest BCUT2D eigenvalue weighted by Gasteiger charge is 2.39. The molecule has 0 saturated heterocycles. The van der Waals surface area contributed by atoms with Crippen molar-refractivity contribution in [2.45, 2.75) is 46.6 Å². The SMILES string of the molecule is C=C(C)c1ccc(N(C)C)cc1OC(=O)C(C)N1C(=O)C(C)C/C=C\C(CCOP(=O)(O)O)C(C)C1=O. The van der Waals surface area contributed by atoms with Gasteiger partial charge in [0.2, 0.25) is 11.8 Å². The van der Waals surface area contributed by atoms with Crippen molar-refractivity contribution >= 4 is 36.9 Å². The Morgan fingerprint density at radius 2 is 1.89 bits per heavy atom. The number of nitrogens with zero attached hydrogens (tertiary/aromatic N) is 2. The largest absolute Gasteiger partial charge is 0.469 e. The van der Waals surface area contributed by atoms with Crippen molar-refractivity contribution in [3.05, 3.63) is 42.5 Å². The molecule has 2 amide bonds. The number of allylic oxidation sites excluding steroid dienone is 3. The number of anilines is 1. The van der Waals surface area contributed by atoms with E-state index < -0.39 is 49.4 Å². The summed E-state index contributed by atoms with van der Waals surface area (Å²) < 4.78 is 21.3. The van der Waals surface area contributed by atoms with Crippen LogP contribution in [0.2, 0.25) is 0 Å². The number of carbonyl (C=O) groups excluding carboxylic acids is 3. The molecule has 4 unspecified atom stereocenters. The van der Waals surface area contributed by atoms with Gasteiger partial charge in [-0.1, -0.05) is 32.6 Å². The zero-order valence-corrected chi connectivity index (χ0v) is 23.1. The molecule has 2 N–H and O–H groups in total. The summed E-state index contributed by atoms with van der Waals surface area (Å²) in [7, 11) is -0.956. The summed E-state index contributed by atoms with van der Waals surface area (Å²) in [5, 5.41) is 0. The smallest absolute Gasteiger partial charge is 0.424 e. The van der Waals surface area contributed by atoms with Gasteiger partial charge >= 0.3 is 13.8 Å². The van der Waals surface area contributed by atoms with Gasteiger partial charge in [-0.05, 0) is 50.3 Å². The zero-order chi connectivity index (χ0) is 28.1. The third-order valence-electron chi connectivity index (χ3n) is 6.39. The fourth-order valence-electron chi connectivity index (χ4n) is 4.03. The summed E-state index contributed by atoms with van der Waals surface area (Å²) in [5.41, 5.74) is 2.11. The van der Waals surface area contributed by atoms with Crippen LogP contribution >= 0.6 is 7.82 Å². The second-order valence-corrected chi connectivity index (χ2v) is 10.9. The Balaban J connectivity index is 2.34. The van der Waals surface area contributed by atoms with Gasteiger partial charge in [0, 0.05) is 43.2 Å². The van der Waals surface area contributed by atoms with Gasteiger partial charge < -0.3 is 19.4 Å². The molecule has 4 atom stereocenters. The van der Waals surface area contributed by atoms with Gasteiger partial charge in [-0.3, -0.25) is 19.0 Å². The molecule has 0 aliphatic carbocycles. The number of ether oxygens (including phenoxy) is 1. The van der Waals surface area contributed by atoms with Crippen LogP contribution in [-0.4, -0.2) is 59.2 Å². The van der Waals surface area contributed by atoms with Gasteiger partial charge in [0.15, 0.2) is 0 Å². The summed E-state index contributed by atoms with van der Waals surface area (Å²) in [6.07, 6.45) is 4.00. The highest BCUT2D eigenvalue weighted by molar-refractivity contribution is 7.46. The van der Waals surface area contributed by atoms with Crippen molar-refractivity contribution in [3.8, 4) is 5.75 Å². The highest BCUT2D eigenvalue weighted by Crippen LogP contribution is 2.37. The molecule has 1 aliphatic heterocycles. The minimum atomic E-state index is -4.66. The number of hydrogen-bond acceptors (Lipinski definition) is 7. The van der Waals surface area contributed by atoms with Crippen LogP contribution in [0.4, 0.5) is 5.69 Å². The van der Waals surface area contributed by atoms with Gasteiger partial charge in [0.25, 0.3) is 0 Å². The zero-order valence-electron chi connectivity index (χ0n) is 22.2. The molecular formula is C26H37N2O8P. The lowest BCUT2D eigenvalue weighted by Crippen LogP contribution is -2.52. The molecule has 1 aromatic rings.